The Hall–Kier alpha value is -6.67. The third-order valence-electron chi connectivity index (χ3n) is 11.0. The number of aromatic nitrogens is 4. The molecule has 8 rings (SSSR count). The van der Waals surface area contributed by atoms with Gasteiger partial charge in [-0.05, 0) is 171 Å². The first-order valence-electron chi connectivity index (χ1n) is 21.8. The molecule has 0 spiro atoms. The van der Waals surface area contributed by atoms with Crippen molar-refractivity contribution < 1.29 is 37.4 Å². The van der Waals surface area contributed by atoms with E-state index in [0.717, 1.165) is 18.4 Å². The van der Waals surface area contributed by atoms with E-state index in [1.165, 1.54) is 71.5 Å². The summed E-state index contributed by atoms with van der Waals surface area (Å²) in [6.45, 7) is 17.9. The van der Waals surface area contributed by atoms with Crippen LogP contribution in [-0.4, -0.2) is 53.8 Å². The van der Waals surface area contributed by atoms with Crippen molar-refractivity contribution in [1.29, 1.82) is 0 Å². The Morgan fingerprint density at radius 1 is 0.657 bits per heavy atom. The molecule has 15 heteroatoms. The fourth-order valence-electron chi connectivity index (χ4n) is 7.56. The molecule has 2 saturated carbocycles. The molecule has 0 radical (unpaired) electrons. The van der Waals surface area contributed by atoms with Crippen molar-refractivity contribution in [1.82, 2.24) is 19.1 Å². The van der Waals surface area contributed by atoms with E-state index in [1.807, 2.05) is 41.5 Å². The van der Waals surface area contributed by atoms with Gasteiger partial charge in [0.05, 0.1) is 45.0 Å². The molecule has 2 fully saturated rings. The van der Waals surface area contributed by atoms with Gasteiger partial charge < -0.3 is 9.47 Å². The zero-order valence-electron chi connectivity index (χ0n) is 38.7. The van der Waals surface area contributed by atoms with E-state index in [4.69, 9.17) is 26.1 Å². The third-order valence-corrected chi connectivity index (χ3v) is 11.3. The van der Waals surface area contributed by atoms with Gasteiger partial charge in [0.25, 0.3) is 11.1 Å². The van der Waals surface area contributed by atoms with Gasteiger partial charge in [0.1, 0.15) is 28.7 Å². The van der Waals surface area contributed by atoms with Crippen LogP contribution in [0, 0.1) is 29.4 Å². The van der Waals surface area contributed by atoms with Crippen molar-refractivity contribution >= 4 is 56.9 Å². The van der Waals surface area contributed by atoms with Crippen LogP contribution < -0.4 is 11.1 Å². The van der Waals surface area contributed by atoms with Gasteiger partial charge in [0.15, 0.2) is 11.6 Å². The van der Waals surface area contributed by atoms with E-state index in [9.17, 15) is 37.5 Å². The maximum absolute atomic E-state index is 13.5. The van der Waals surface area contributed by atoms with Crippen LogP contribution in [0.3, 0.4) is 0 Å². The van der Waals surface area contributed by atoms with E-state index in [0.29, 0.717) is 69.4 Å². The van der Waals surface area contributed by atoms with Gasteiger partial charge >= 0.3 is 11.9 Å². The largest absolute Gasteiger partial charge is 0.460 e. The zero-order chi connectivity index (χ0) is 49.1. The van der Waals surface area contributed by atoms with Crippen LogP contribution in [0.1, 0.15) is 108 Å². The number of ether oxygens (including phenoxy) is 2. The summed E-state index contributed by atoms with van der Waals surface area (Å²) in [5.74, 6) is -0.712. The van der Waals surface area contributed by atoms with Gasteiger partial charge in [0.2, 0.25) is 5.28 Å². The maximum Gasteiger partial charge on any atom is 0.310 e. The van der Waals surface area contributed by atoms with Crippen molar-refractivity contribution in [3.05, 3.63) is 152 Å². The molecule has 0 atom stereocenters. The van der Waals surface area contributed by atoms with Crippen LogP contribution in [0.4, 0.5) is 8.78 Å². The summed E-state index contributed by atoms with van der Waals surface area (Å²) in [6, 6.07) is 20.5. The zero-order valence-corrected chi connectivity index (χ0v) is 39.5. The number of nitrogens with zero attached hydrogens (tertiary/aromatic N) is 4. The number of carbonyl (C=O) groups is 4. The monoisotopic (exact) mass is 934 g/mol. The fourth-order valence-corrected chi connectivity index (χ4v) is 7.83. The Kier molecular flexibility index (Phi) is 14.9. The number of allylic oxidation sites excluding steroid dienone is 1. The van der Waals surface area contributed by atoms with E-state index in [1.54, 1.807) is 36.4 Å². The summed E-state index contributed by atoms with van der Waals surface area (Å²) in [5.41, 5.74) is 2.29. The molecule has 350 valence electrons. The number of Topliss-reactive ketones (excluding diaryl/α,β-unsaturated/α-hetero) is 2. The molecule has 2 aliphatic carbocycles. The minimum absolute atomic E-state index is 0.0511. The van der Waals surface area contributed by atoms with Crippen molar-refractivity contribution in [2.45, 2.75) is 98.7 Å². The number of ketones is 2. The summed E-state index contributed by atoms with van der Waals surface area (Å²) in [6.07, 6.45) is 3.41. The molecule has 2 aliphatic rings. The van der Waals surface area contributed by atoms with Crippen molar-refractivity contribution in [3.63, 3.8) is 0 Å². The van der Waals surface area contributed by atoms with Crippen LogP contribution >= 0.6 is 11.6 Å². The molecule has 0 unspecified atom stereocenters. The summed E-state index contributed by atoms with van der Waals surface area (Å²) < 4.78 is 39.9. The highest BCUT2D eigenvalue weighted by molar-refractivity contribution is 6.29. The van der Waals surface area contributed by atoms with Gasteiger partial charge in [0, 0.05) is 17.5 Å². The van der Waals surface area contributed by atoms with Crippen molar-refractivity contribution in [2.24, 2.45) is 17.8 Å². The molecule has 12 nitrogen and oxygen atoms in total. The second-order valence-electron chi connectivity index (χ2n) is 18.9. The van der Waals surface area contributed by atoms with E-state index in [2.05, 4.69) is 11.6 Å². The Bertz CT molecular complexity index is 3010. The molecular weight excluding hydrogens is 882 g/mol. The SMILES string of the molecule is C=C1CC(C(=O)OC(C)(C)C)C1.CC(=O)c1ccc2c(=O)n(-c3ccc(F)cc3)c(CC3CC(C(=O)OC(C)(C)C)C3)nc2c1.CC(=O)c1ccc2c(=O)n(-c3ccc(F)cc3)c(Cl)nc2c1. The third kappa shape index (κ3) is 12.4. The van der Waals surface area contributed by atoms with Crippen LogP contribution in [-0.2, 0) is 25.5 Å². The highest BCUT2D eigenvalue weighted by atomic mass is 35.5. The highest BCUT2D eigenvalue weighted by Crippen LogP contribution is 2.38. The van der Waals surface area contributed by atoms with Crippen molar-refractivity contribution in [2.75, 3.05) is 0 Å². The number of hydrogen-bond donors (Lipinski definition) is 0. The molecule has 6 aromatic rings. The molecule has 0 amide bonds. The first-order chi connectivity index (χ1) is 31.4. The maximum atomic E-state index is 13.5. The lowest BCUT2D eigenvalue weighted by Gasteiger charge is -2.35. The first-order valence-corrected chi connectivity index (χ1v) is 22.2. The van der Waals surface area contributed by atoms with E-state index < -0.39 is 17.2 Å². The lowest BCUT2D eigenvalue weighted by Crippen LogP contribution is -2.37. The first kappa shape index (κ1) is 49.8. The summed E-state index contributed by atoms with van der Waals surface area (Å²) in [4.78, 5) is 81.7. The smallest absolute Gasteiger partial charge is 0.310 e. The molecule has 2 heterocycles. The number of hydrogen-bond acceptors (Lipinski definition) is 10. The fraction of sp³-hybridized carbons (Fsp3) is 0.346. The quantitative estimate of drug-likeness (QED) is 0.0623. The number of carbonyl (C=O) groups excluding carboxylic acids is 4. The predicted molar refractivity (Wildman–Crippen MR) is 253 cm³/mol. The number of esters is 2. The molecule has 0 N–H and O–H groups in total. The summed E-state index contributed by atoms with van der Waals surface area (Å²) >= 11 is 6.09. The Morgan fingerprint density at radius 2 is 1.07 bits per heavy atom. The summed E-state index contributed by atoms with van der Waals surface area (Å²) in [5, 5.41) is 0.664. The number of fused-ring (bicyclic) bond motifs is 2. The molecule has 2 aromatic heterocycles. The van der Waals surface area contributed by atoms with Crippen LogP contribution in [0.25, 0.3) is 33.2 Å². The molecule has 67 heavy (non-hydrogen) atoms. The average Bonchev–Trinajstić information content (AvgIpc) is 3.20. The number of benzene rings is 4. The molecule has 4 aromatic carbocycles. The van der Waals surface area contributed by atoms with Crippen molar-refractivity contribution in [3.8, 4) is 11.4 Å². The number of rotatable bonds is 8. The molecule has 0 bridgehead atoms. The second kappa shape index (κ2) is 20.1. The van der Waals surface area contributed by atoms with Gasteiger partial charge in [-0.25, -0.2) is 18.7 Å². The highest BCUT2D eigenvalue weighted by Gasteiger charge is 2.38. The van der Waals surface area contributed by atoms with Crippen LogP contribution in [0.5, 0.6) is 0 Å². The van der Waals surface area contributed by atoms with Gasteiger partial charge in [-0.3, -0.25) is 37.9 Å². The molecule has 0 aliphatic heterocycles. The van der Waals surface area contributed by atoms with E-state index >= 15 is 0 Å². The minimum atomic E-state index is -0.528. The lowest BCUT2D eigenvalue weighted by molar-refractivity contribution is -0.165. The van der Waals surface area contributed by atoms with Gasteiger partial charge in [-0.1, -0.05) is 24.3 Å². The normalized spacial score (nSPS) is 15.8. The average molecular weight is 935 g/mol. The van der Waals surface area contributed by atoms with Gasteiger partial charge in [-0.2, -0.15) is 0 Å². The van der Waals surface area contributed by atoms with Crippen LogP contribution in [0.15, 0.2) is 107 Å². The Labute approximate surface area is 391 Å². The minimum Gasteiger partial charge on any atom is -0.460 e. The topological polar surface area (TPSA) is 157 Å². The standard InChI is InChI=1S/C26H27FN2O4.C16H10ClFN2O2.C10H16O2/c1-15(30)17-5-10-21-22(14-17)28-23(29(24(21)31)20-8-6-19(27)7-9-20)13-16-11-18(12-16)25(32)33-26(2,3)4;1-9(21)10-2-7-13-14(8-10)19-16(17)20(15(13)22)12-5-3-11(18)4-6-12;1-7-5-8(6-7)9(11)12-10(2,3)4/h5-10,14,16,18H,11-13H2,1-4H3;2-8H,1H3;8H,1,5-6H2,2-4H3. The van der Waals surface area contributed by atoms with E-state index in [-0.39, 0.29) is 63.3 Å². The second-order valence-corrected chi connectivity index (χ2v) is 19.2. The van der Waals surface area contributed by atoms with Crippen LogP contribution in [0.2, 0.25) is 5.28 Å². The number of halogens is 3. The Morgan fingerprint density at radius 3 is 1.51 bits per heavy atom. The molecular formula is C52H53ClF2N4O8. The molecule has 0 saturated heterocycles. The Balaban J connectivity index is 0.000000186. The van der Waals surface area contributed by atoms with Gasteiger partial charge in [-0.15, -0.1) is 0 Å². The predicted octanol–water partition coefficient (Wildman–Crippen LogP) is 10.3. The summed E-state index contributed by atoms with van der Waals surface area (Å²) in [7, 11) is 0. The lowest BCUT2D eigenvalue weighted by atomic mass is 9.73.